The van der Waals surface area contributed by atoms with Gasteiger partial charge in [-0.3, -0.25) is 4.90 Å². The lowest BCUT2D eigenvalue weighted by molar-refractivity contribution is 0.00644. The van der Waals surface area contributed by atoms with E-state index in [-0.39, 0.29) is 17.6 Å². The summed E-state index contributed by atoms with van der Waals surface area (Å²) < 4.78 is 20.1. The fraction of sp³-hybridized carbons (Fsp3) is 0.619. The highest BCUT2D eigenvalue weighted by atomic mass is 19.1. The Labute approximate surface area is 164 Å². The maximum absolute atomic E-state index is 14.8. The van der Waals surface area contributed by atoms with Gasteiger partial charge in [0.1, 0.15) is 11.4 Å². The summed E-state index contributed by atoms with van der Waals surface area (Å²) in [6, 6.07) is 3.36. The fourth-order valence-corrected chi connectivity index (χ4v) is 4.43. The van der Waals surface area contributed by atoms with Gasteiger partial charge < -0.3 is 14.7 Å². The number of carboxylic acid groups (broad SMARTS) is 1. The second-order valence-electron chi connectivity index (χ2n) is 9.21. The minimum absolute atomic E-state index is 0.000528. The van der Waals surface area contributed by atoms with Gasteiger partial charge in [-0.2, -0.15) is 0 Å². The van der Waals surface area contributed by atoms with E-state index in [9.17, 15) is 19.1 Å². The number of amides is 1. The fourth-order valence-electron chi connectivity index (χ4n) is 4.43. The second kappa shape index (κ2) is 6.72. The van der Waals surface area contributed by atoms with Crippen LogP contribution in [0.25, 0.3) is 0 Å². The molecular weight excluding hydrogens is 363 g/mol. The van der Waals surface area contributed by atoms with Crippen molar-refractivity contribution < 1.29 is 23.8 Å². The van der Waals surface area contributed by atoms with Gasteiger partial charge in [-0.05, 0) is 69.2 Å². The second-order valence-corrected chi connectivity index (χ2v) is 9.21. The van der Waals surface area contributed by atoms with Gasteiger partial charge >= 0.3 is 12.1 Å². The van der Waals surface area contributed by atoms with Crippen molar-refractivity contribution in [2.24, 2.45) is 0 Å². The SMILES string of the molecule is CC(C)(C)OC(=O)c1cc(C2CC2)c(CN2C[C@@H]3C[C@H]2CN3C(=O)O)cc1F. The first kappa shape index (κ1) is 19.2. The number of rotatable bonds is 4. The van der Waals surface area contributed by atoms with E-state index in [1.807, 2.05) is 0 Å². The summed E-state index contributed by atoms with van der Waals surface area (Å²) in [6.07, 6.45) is 2.07. The van der Waals surface area contributed by atoms with E-state index < -0.39 is 23.5 Å². The molecule has 3 fully saturated rings. The van der Waals surface area contributed by atoms with Crippen molar-refractivity contribution in [2.45, 2.75) is 70.2 Å². The van der Waals surface area contributed by atoms with Crippen molar-refractivity contribution in [3.8, 4) is 0 Å². The standard InChI is InChI=1S/C21H27FN2O4/c1-21(2,3)28-19(25)17-8-16(12-4-5-12)13(6-18(17)22)9-23-10-15-7-14(23)11-24(15)20(26)27/h6,8,12,14-15H,4-5,7,9-11H2,1-3H3,(H,26,27)/t14-,15-/m0/s1. The predicted molar refractivity (Wildman–Crippen MR) is 101 cm³/mol. The van der Waals surface area contributed by atoms with Crippen LogP contribution in [0.1, 0.15) is 67.4 Å². The molecule has 1 aromatic rings. The van der Waals surface area contributed by atoms with Crippen LogP contribution >= 0.6 is 0 Å². The third-order valence-electron chi connectivity index (χ3n) is 5.84. The van der Waals surface area contributed by atoms with Crippen molar-refractivity contribution in [3.05, 3.63) is 34.6 Å². The summed E-state index contributed by atoms with van der Waals surface area (Å²) in [5.74, 6) is -0.812. The minimum Gasteiger partial charge on any atom is -0.465 e. The van der Waals surface area contributed by atoms with E-state index in [4.69, 9.17) is 4.74 Å². The first-order valence-corrected chi connectivity index (χ1v) is 9.91. The van der Waals surface area contributed by atoms with Gasteiger partial charge in [-0.25, -0.2) is 14.0 Å². The summed E-state index contributed by atoms with van der Waals surface area (Å²) in [5, 5.41) is 9.25. The normalized spacial score (nSPS) is 24.6. The van der Waals surface area contributed by atoms with E-state index in [2.05, 4.69) is 4.90 Å². The number of nitrogens with zero attached hydrogens (tertiary/aromatic N) is 2. The average Bonchev–Trinajstić information content (AvgIpc) is 3.22. The summed E-state index contributed by atoms with van der Waals surface area (Å²) in [5.41, 5.74) is 1.26. The number of piperazine rings is 1. The molecule has 0 spiro atoms. The molecule has 2 heterocycles. The zero-order valence-corrected chi connectivity index (χ0v) is 16.6. The van der Waals surface area contributed by atoms with Gasteiger partial charge in [0.15, 0.2) is 0 Å². The highest BCUT2D eigenvalue weighted by molar-refractivity contribution is 5.90. The Morgan fingerprint density at radius 2 is 1.93 bits per heavy atom. The highest BCUT2D eigenvalue weighted by Gasteiger charge is 2.45. The zero-order chi connectivity index (χ0) is 20.2. The molecule has 152 valence electrons. The van der Waals surface area contributed by atoms with Gasteiger partial charge in [-0.1, -0.05) is 0 Å². The molecule has 2 aliphatic heterocycles. The molecule has 1 aliphatic carbocycles. The molecule has 1 aromatic carbocycles. The van der Waals surface area contributed by atoms with Gasteiger partial charge in [0.05, 0.1) is 5.56 Å². The number of carbonyl (C=O) groups excluding carboxylic acids is 1. The molecule has 2 bridgehead atoms. The summed E-state index contributed by atoms with van der Waals surface area (Å²) >= 11 is 0. The Bertz CT molecular complexity index is 815. The van der Waals surface area contributed by atoms with E-state index in [1.165, 1.54) is 11.0 Å². The molecular formula is C21H27FN2O4. The van der Waals surface area contributed by atoms with Crippen LogP contribution in [-0.4, -0.2) is 57.7 Å². The maximum atomic E-state index is 14.8. The molecule has 0 radical (unpaired) electrons. The third-order valence-corrected chi connectivity index (χ3v) is 5.84. The molecule has 6 nitrogen and oxygen atoms in total. The molecule has 4 rings (SSSR count). The number of fused-ring (bicyclic) bond motifs is 2. The van der Waals surface area contributed by atoms with Crippen LogP contribution in [0.15, 0.2) is 12.1 Å². The number of esters is 1. The van der Waals surface area contributed by atoms with Crippen LogP contribution in [-0.2, 0) is 11.3 Å². The number of benzene rings is 1. The molecule has 0 aromatic heterocycles. The van der Waals surface area contributed by atoms with Crippen LogP contribution < -0.4 is 0 Å². The van der Waals surface area contributed by atoms with Crippen LogP contribution in [0.4, 0.5) is 9.18 Å². The number of carbonyl (C=O) groups is 2. The number of likely N-dealkylation sites (tertiary alicyclic amines) is 2. The lowest BCUT2D eigenvalue weighted by Crippen LogP contribution is -2.47. The van der Waals surface area contributed by atoms with Crippen molar-refractivity contribution in [1.29, 1.82) is 0 Å². The van der Waals surface area contributed by atoms with Crippen molar-refractivity contribution in [2.75, 3.05) is 13.1 Å². The lowest BCUT2D eigenvalue weighted by Gasteiger charge is -2.33. The number of hydrogen-bond acceptors (Lipinski definition) is 4. The number of halogens is 1. The zero-order valence-electron chi connectivity index (χ0n) is 16.6. The van der Waals surface area contributed by atoms with Gasteiger partial charge in [0, 0.05) is 31.7 Å². The smallest absolute Gasteiger partial charge is 0.407 e. The topological polar surface area (TPSA) is 70.1 Å². The number of hydrogen-bond donors (Lipinski definition) is 1. The largest absolute Gasteiger partial charge is 0.465 e. The van der Waals surface area contributed by atoms with E-state index >= 15 is 0 Å². The average molecular weight is 390 g/mol. The molecule has 1 amide bonds. The molecule has 0 unspecified atom stereocenters. The van der Waals surface area contributed by atoms with Gasteiger partial charge in [0.2, 0.25) is 0 Å². The first-order valence-electron chi connectivity index (χ1n) is 9.91. The van der Waals surface area contributed by atoms with E-state index in [0.29, 0.717) is 25.6 Å². The van der Waals surface area contributed by atoms with Crippen LogP contribution in [0, 0.1) is 5.82 Å². The van der Waals surface area contributed by atoms with E-state index in [0.717, 1.165) is 30.4 Å². The Hall–Kier alpha value is -2.15. The molecule has 2 atom stereocenters. The monoisotopic (exact) mass is 390 g/mol. The van der Waals surface area contributed by atoms with Gasteiger partial charge in [0.25, 0.3) is 0 Å². The minimum atomic E-state index is -0.862. The Kier molecular flexibility index (Phi) is 4.61. The first-order chi connectivity index (χ1) is 13.1. The Balaban J connectivity index is 1.55. The lowest BCUT2D eigenvalue weighted by atomic mass is 9.98. The van der Waals surface area contributed by atoms with E-state index in [1.54, 1.807) is 26.8 Å². The molecule has 7 heteroatoms. The van der Waals surface area contributed by atoms with Crippen LogP contribution in [0.3, 0.4) is 0 Å². The van der Waals surface area contributed by atoms with Crippen LogP contribution in [0.2, 0.25) is 0 Å². The van der Waals surface area contributed by atoms with Crippen molar-refractivity contribution >= 4 is 12.1 Å². The van der Waals surface area contributed by atoms with Gasteiger partial charge in [-0.15, -0.1) is 0 Å². The quantitative estimate of drug-likeness (QED) is 0.796. The summed E-state index contributed by atoms with van der Waals surface area (Å²) in [6.45, 7) is 7.07. The van der Waals surface area contributed by atoms with Crippen molar-refractivity contribution in [1.82, 2.24) is 9.80 Å². The molecule has 28 heavy (non-hydrogen) atoms. The van der Waals surface area contributed by atoms with Crippen LogP contribution in [0.5, 0.6) is 0 Å². The van der Waals surface area contributed by atoms with Crippen molar-refractivity contribution in [3.63, 3.8) is 0 Å². The molecule has 3 aliphatic rings. The maximum Gasteiger partial charge on any atom is 0.407 e. The highest BCUT2D eigenvalue weighted by Crippen LogP contribution is 2.43. The summed E-state index contributed by atoms with van der Waals surface area (Å²) in [4.78, 5) is 27.4. The Morgan fingerprint density at radius 3 is 2.46 bits per heavy atom. The Morgan fingerprint density at radius 1 is 1.21 bits per heavy atom. The molecule has 1 N–H and O–H groups in total. The third kappa shape index (κ3) is 3.72. The summed E-state index contributed by atoms with van der Waals surface area (Å²) in [7, 11) is 0. The number of ether oxygens (including phenoxy) is 1. The molecule has 2 saturated heterocycles. The predicted octanol–water partition coefficient (Wildman–Crippen LogP) is 3.59. The molecule has 1 saturated carbocycles.